The molecule has 1 aliphatic rings. The number of aryl methyl sites for hydroxylation is 1. The minimum Gasteiger partial charge on any atom is -0.493 e. The van der Waals surface area contributed by atoms with Gasteiger partial charge in [-0.15, -0.1) is 0 Å². The summed E-state index contributed by atoms with van der Waals surface area (Å²) < 4.78 is 10.9. The first-order valence-corrected chi connectivity index (χ1v) is 11.3. The molecule has 0 atom stereocenters. The van der Waals surface area contributed by atoms with Crippen LogP contribution in [0.5, 0.6) is 11.5 Å². The largest absolute Gasteiger partial charge is 0.493 e. The van der Waals surface area contributed by atoms with Gasteiger partial charge in [0.25, 0.3) is 5.91 Å². The second-order valence-electron chi connectivity index (χ2n) is 8.45. The number of methoxy groups -OCH3 is 2. The number of hydrogen-bond donors (Lipinski definition) is 0. The van der Waals surface area contributed by atoms with Gasteiger partial charge in [-0.25, -0.2) is 0 Å². The van der Waals surface area contributed by atoms with E-state index in [4.69, 9.17) is 9.47 Å². The first-order valence-electron chi connectivity index (χ1n) is 11.3. The number of carbonyl (C=O) groups is 1. The summed E-state index contributed by atoms with van der Waals surface area (Å²) in [5, 5.41) is 0. The molecule has 0 spiro atoms. The van der Waals surface area contributed by atoms with Gasteiger partial charge in [0, 0.05) is 55.4 Å². The van der Waals surface area contributed by atoms with E-state index in [2.05, 4.69) is 16.0 Å². The summed E-state index contributed by atoms with van der Waals surface area (Å²) in [5.74, 6) is 1.28. The summed E-state index contributed by atoms with van der Waals surface area (Å²) in [6.07, 6.45) is 5.51. The van der Waals surface area contributed by atoms with Crippen molar-refractivity contribution in [2.24, 2.45) is 0 Å². The average Bonchev–Trinajstić information content (AvgIpc) is 2.85. The van der Waals surface area contributed by atoms with Gasteiger partial charge in [-0.3, -0.25) is 14.7 Å². The maximum atomic E-state index is 13.8. The van der Waals surface area contributed by atoms with Crippen molar-refractivity contribution >= 4 is 11.6 Å². The van der Waals surface area contributed by atoms with Crippen LogP contribution in [0.2, 0.25) is 0 Å². The molecule has 1 aromatic heterocycles. The lowest BCUT2D eigenvalue weighted by molar-refractivity contribution is 0.0958. The fourth-order valence-electron chi connectivity index (χ4n) is 4.47. The molecule has 172 valence electrons. The zero-order valence-electron chi connectivity index (χ0n) is 19.5. The number of nitrogens with zero attached hydrogens (tertiary/aromatic N) is 3. The van der Waals surface area contributed by atoms with Crippen molar-refractivity contribution in [2.45, 2.75) is 32.4 Å². The van der Waals surface area contributed by atoms with E-state index in [0.717, 1.165) is 43.7 Å². The number of aromatic nitrogens is 1. The Morgan fingerprint density at radius 2 is 1.82 bits per heavy atom. The number of benzene rings is 2. The highest BCUT2D eigenvalue weighted by molar-refractivity contribution is 6.06. The topological polar surface area (TPSA) is 54.9 Å². The lowest BCUT2D eigenvalue weighted by Crippen LogP contribution is -2.47. The summed E-state index contributed by atoms with van der Waals surface area (Å²) in [6, 6.07) is 17.7. The van der Waals surface area contributed by atoms with Gasteiger partial charge in [0.2, 0.25) is 0 Å². The summed E-state index contributed by atoms with van der Waals surface area (Å²) in [6.45, 7) is 4.73. The highest BCUT2D eigenvalue weighted by Gasteiger charge is 2.30. The van der Waals surface area contributed by atoms with Crippen LogP contribution in [0.1, 0.15) is 34.3 Å². The molecule has 0 aliphatic carbocycles. The quantitative estimate of drug-likeness (QED) is 0.527. The molecular formula is C27H31N3O3. The van der Waals surface area contributed by atoms with Crippen LogP contribution in [0.3, 0.4) is 0 Å². The molecule has 1 fully saturated rings. The zero-order chi connectivity index (χ0) is 23.2. The Balaban J connectivity index is 1.59. The third-order valence-corrected chi connectivity index (χ3v) is 6.18. The van der Waals surface area contributed by atoms with Crippen molar-refractivity contribution in [2.75, 3.05) is 32.2 Å². The molecule has 2 heterocycles. The number of piperidine rings is 1. The molecule has 0 saturated carbocycles. The first-order chi connectivity index (χ1) is 16.1. The van der Waals surface area contributed by atoms with E-state index in [-0.39, 0.29) is 11.9 Å². The summed E-state index contributed by atoms with van der Waals surface area (Å²) in [7, 11) is 3.23. The lowest BCUT2D eigenvalue weighted by atomic mass is 9.99. The Kier molecular flexibility index (Phi) is 7.25. The van der Waals surface area contributed by atoms with Gasteiger partial charge < -0.3 is 14.4 Å². The molecule has 1 amide bonds. The standard InChI is InChI=1S/C27H31N3O3/c1-20-6-4-8-22(16-20)27(31)30(24-9-10-25(32-2)26(17-24)33-3)23-11-14-29(15-12-23)19-21-7-5-13-28-18-21/h4-10,13,16-18,23H,11-12,14-15,19H2,1-3H3. The van der Waals surface area contributed by atoms with Gasteiger partial charge in [0.05, 0.1) is 14.2 Å². The molecule has 6 nitrogen and oxygen atoms in total. The first kappa shape index (κ1) is 22.8. The summed E-state index contributed by atoms with van der Waals surface area (Å²) in [5.41, 5.74) is 3.80. The smallest absolute Gasteiger partial charge is 0.258 e. The molecule has 1 aliphatic heterocycles. The Morgan fingerprint density at radius 1 is 1.03 bits per heavy atom. The number of amides is 1. The monoisotopic (exact) mass is 445 g/mol. The van der Waals surface area contributed by atoms with Gasteiger partial charge in [-0.2, -0.15) is 0 Å². The predicted octanol–water partition coefficient (Wildman–Crippen LogP) is 4.72. The van der Waals surface area contributed by atoms with E-state index in [1.165, 1.54) is 5.56 Å². The molecule has 0 radical (unpaired) electrons. The van der Waals surface area contributed by atoms with E-state index < -0.39 is 0 Å². The van der Waals surface area contributed by atoms with Crippen LogP contribution in [0.25, 0.3) is 0 Å². The third-order valence-electron chi connectivity index (χ3n) is 6.18. The molecule has 0 unspecified atom stereocenters. The van der Waals surface area contributed by atoms with E-state index in [1.807, 2.05) is 66.6 Å². The Bertz CT molecular complexity index is 1080. The maximum Gasteiger partial charge on any atom is 0.258 e. The Hall–Kier alpha value is -3.38. The number of rotatable bonds is 7. The van der Waals surface area contributed by atoms with Crippen molar-refractivity contribution in [3.05, 3.63) is 83.7 Å². The summed E-state index contributed by atoms with van der Waals surface area (Å²) in [4.78, 5) is 22.4. The van der Waals surface area contributed by atoms with Crippen LogP contribution in [0, 0.1) is 6.92 Å². The van der Waals surface area contributed by atoms with Crippen molar-refractivity contribution in [1.29, 1.82) is 0 Å². The minimum atomic E-state index is 0.0108. The van der Waals surface area contributed by atoms with Crippen LogP contribution in [-0.2, 0) is 6.54 Å². The number of carbonyl (C=O) groups excluding carboxylic acids is 1. The molecular weight excluding hydrogens is 414 g/mol. The van der Waals surface area contributed by atoms with Crippen molar-refractivity contribution < 1.29 is 14.3 Å². The van der Waals surface area contributed by atoms with Crippen LogP contribution in [-0.4, -0.2) is 49.1 Å². The average molecular weight is 446 g/mol. The maximum absolute atomic E-state index is 13.8. The fraction of sp³-hybridized carbons (Fsp3) is 0.333. The van der Waals surface area contributed by atoms with Crippen LogP contribution < -0.4 is 14.4 Å². The highest BCUT2D eigenvalue weighted by atomic mass is 16.5. The van der Waals surface area contributed by atoms with E-state index in [1.54, 1.807) is 20.4 Å². The van der Waals surface area contributed by atoms with Gasteiger partial charge in [-0.05, 0) is 55.7 Å². The van der Waals surface area contributed by atoms with Gasteiger partial charge >= 0.3 is 0 Å². The molecule has 6 heteroatoms. The SMILES string of the molecule is COc1ccc(N(C(=O)c2cccc(C)c2)C2CCN(Cc3cccnc3)CC2)cc1OC. The van der Waals surface area contributed by atoms with Crippen LogP contribution >= 0.6 is 0 Å². The molecule has 0 bridgehead atoms. The van der Waals surface area contributed by atoms with Crippen molar-refractivity contribution in [3.63, 3.8) is 0 Å². The van der Waals surface area contributed by atoms with Crippen LogP contribution in [0.4, 0.5) is 5.69 Å². The molecule has 4 rings (SSSR count). The minimum absolute atomic E-state index is 0.0108. The van der Waals surface area contributed by atoms with Crippen molar-refractivity contribution in [3.8, 4) is 11.5 Å². The van der Waals surface area contributed by atoms with E-state index >= 15 is 0 Å². The normalized spacial score (nSPS) is 14.6. The second-order valence-corrected chi connectivity index (χ2v) is 8.45. The number of likely N-dealkylation sites (tertiary alicyclic amines) is 1. The lowest BCUT2D eigenvalue weighted by Gasteiger charge is -2.39. The molecule has 0 N–H and O–H groups in total. The highest BCUT2D eigenvalue weighted by Crippen LogP contribution is 2.34. The Morgan fingerprint density at radius 3 is 2.48 bits per heavy atom. The molecule has 2 aromatic carbocycles. The number of hydrogen-bond acceptors (Lipinski definition) is 5. The summed E-state index contributed by atoms with van der Waals surface area (Å²) >= 11 is 0. The van der Waals surface area contributed by atoms with Gasteiger partial charge in [0.1, 0.15) is 0 Å². The second kappa shape index (κ2) is 10.5. The fourth-order valence-corrected chi connectivity index (χ4v) is 4.47. The zero-order valence-corrected chi connectivity index (χ0v) is 19.5. The molecule has 3 aromatic rings. The molecule has 33 heavy (non-hydrogen) atoms. The van der Waals surface area contributed by atoms with Gasteiger partial charge in [0.15, 0.2) is 11.5 Å². The number of pyridine rings is 1. The third kappa shape index (κ3) is 5.34. The van der Waals surface area contributed by atoms with Gasteiger partial charge in [-0.1, -0.05) is 23.8 Å². The van der Waals surface area contributed by atoms with E-state index in [9.17, 15) is 4.79 Å². The van der Waals surface area contributed by atoms with E-state index in [0.29, 0.717) is 17.1 Å². The Labute approximate surface area is 195 Å². The number of anilines is 1. The van der Waals surface area contributed by atoms with Crippen molar-refractivity contribution in [1.82, 2.24) is 9.88 Å². The number of ether oxygens (including phenoxy) is 2. The molecule has 1 saturated heterocycles. The predicted molar refractivity (Wildman–Crippen MR) is 130 cm³/mol. The van der Waals surface area contributed by atoms with Crippen LogP contribution in [0.15, 0.2) is 67.0 Å².